The van der Waals surface area contributed by atoms with Gasteiger partial charge in [0.05, 0.1) is 6.10 Å². The fraction of sp³-hybridized carbons (Fsp3) is 0.273. The van der Waals surface area contributed by atoms with Crippen molar-refractivity contribution in [1.82, 2.24) is 9.55 Å². The number of phenolic OH excluding ortho intramolecular Hbond substituents is 2. The zero-order chi connectivity index (χ0) is 21.0. The second-order valence-electron chi connectivity index (χ2n) is 7.72. The minimum Gasteiger partial charge on any atom is -0.508 e. The normalized spacial score (nSPS) is 18.3. The highest BCUT2D eigenvalue weighted by atomic mass is 16.5. The lowest BCUT2D eigenvalue weighted by Gasteiger charge is -2.32. The van der Waals surface area contributed by atoms with Crippen LogP contribution in [0, 0.1) is 0 Å². The Morgan fingerprint density at radius 2 is 2.00 bits per heavy atom. The maximum Gasteiger partial charge on any atom is 0.235 e. The van der Waals surface area contributed by atoms with Crippen LogP contribution in [0.2, 0.25) is 0 Å². The third-order valence-corrected chi connectivity index (χ3v) is 5.69. The number of aliphatic hydroxyl groups excluding tert-OH is 1. The van der Waals surface area contributed by atoms with Gasteiger partial charge >= 0.3 is 0 Å². The van der Waals surface area contributed by atoms with Gasteiger partial charge in [0, 0.05) is 61.3 Å². The number of nitrogens with zero attached hydrogens (tertiary/aromatic N) is 3. The number of rotatable bonds is 2. The fourth-order valence-electron chi connectivity index (χ4n) is 4.22. The van der Waals surface area contributed by atoms with E-state index in [1.165, 1.54) is 6.07 Å². The molecule has 1 aromatic carbocycles. The number of aliphatic hydroxyl groups is 1. The predicted molar refractivity (Wildman–Crippen MR) is 111 cm³/mol. The first-order valence-electron chi connectivity index (χ1n) is 9.79. The largest absolute Gasteiger partial charge is 0.508 e. The Bertz CT molecular complexity index is 1210. The zero-order valence-electron chi connectivity index (χ0n) is 16.4. The number of allylic oxidation sites excluding steroid dienone is 1. The van der Waals surface area contributed by atoms with Gasteiger partial charge in [0.25, 0.3) is 0 Å². The number of anilines is 1. The van der Waals surface area contributed by atoms with E-state index in [1.54, 1.807) is 12.3 Å². The number of Topliss-reactive ketones (excluding diaryl/α,β-unsaturated/α-hetero) is 1. The molecule has 30 heavy (non-hydrogen) atoms. The Kier molecular flexibility index (Phi) is 4.18. The van der Waals surface area contributed by atoms with E-state index in [2.05, 4.69) is 9.88 Å². The van der Waals surface area contributed by atoms with Gasteiger partial charge in [-0.1, -0.05) is 0 Å². The fourth-order valence-corrected chi connectivity index (χ4v) is 4.22. The lowest BCUT2D eigenvalue weighted by molar-refractivity contribution is 0.101. The second kappa shape index (κ2) is 6.77. The van der Waals surface area contributed by atoms with Gasteiger partial charge < -0.3 is 29.5 Å². The molecule has 5 rings (SSSR count). The molecule has 0 spiro atoms. The molecular weight excluding hydrogens is 386 g/mol. The number of carbonyl (C=O) groups is 1. The van der Waals surface area contributed by atoms with E-state index in [9.17, 15) is 20.1 Å². The molecule has 2 aromatic heterocycles. The molecule has 0 aliphatic carbocycles. The van der Waals surface area contributed by atoms with Crippen LogP contribution in [0.3, 0.4) is 0 Å². The lowest BCUT2D eigenvalue weighted by atomic mass is 10.0. The number of aryl methyl sites for hydroxylation is 1. The molecule has 0 bridgehead atoms. The van der Waals surface area contributed by atoms with Crippen molar-refractivity contribution in [2.45, 2.75) is 18.9 Å². The summed E-state index contributed by atoms with van der Waals surface area (Å²) in [4.78, 5) is 19.5. The molecule has 1 saturated heterocycles. The molecule has 0 unspecified atom stereocenters. The highest BCUT2D eigenvalue weighted by Gasteiger charge is 2.32. The number of aromatic hydroxyl groups is 2. The van der Waals surface area contributed by atoms with Gasteiger partial charge in [-0.15, -0.1) is 0 Å². The van der Waals surface area contributed by atoms with Crippen molar-refractivity contribution in [1.29, 1.82) is 0 Å². The zero-order valence-corrected chi connectivity index (χ0v) is 16.4. The van der Waals surface area contributed by atoms with E-state index in [0.29, 0.717) is 12.8 Å². The van der Waals surface area contributed by atoms with E-state index < -0.39 is 5.78 Å². The topological polar surface area (TPSA) is 108 Å². The number of aromatic nitrogens is 2. The molecule has 2 aliphatic rings. The van der Waals surface area contributed by atoms with Crippen molar-refractivity contribution in [2.24, 2.45) is 7.05 Å². The van der Waals surface area contributed by atoms with E-state index in [4.69, 9.17) is 4.74 Å². The molecule has 2 aliphatic heterocycles. The maximum atomic E-state index is 12.8. The van der Waals surface area contributed by atoms with Crippen LogP contribution < -0.4 is 9.64 Å². The third-order valence-electron chi connectivity index (χ3n) is 5.69. The maximum absolute atomic E-state index is 12.8. The van der Waals surface area contributed by atoms with Gasteiger partial charge in [-0.3, -0.25) is 4.79 Å². The summed E-state index contributed by atoms with van der Waals surface area (Å²) >= 11 is 0. The second-order valence-corrected chi connectivity index (χ2v) is 7.72. The number of pyridine rings is 1. The average Bonchev–Trinajstić information content (AvgIpc) is 3.19. The Labute approximate surface area is 172 Å². The van der Waals surface area contributed by atoms with E-state index >= 15 is 0 Å². The molecule has 1 fully saturated rings. The molecule has 4 heterocycles. The minimum atomic E-state index is -0.439. The SMILES string of the molecule is Cn1cc(C=C2Oc3cc(O)cc(O)c3C2=O)c2c(N3CCC(O)CC3)ccnc21. The van der Waals surface area contributed by atoms with Gasteiger partial charge in [-0.2, -0.15) is 0 Å². The summed E-state index contributed by atoms with van der Waals surface area (Å²) in [5.74, 6) is -0.726. The van der Waals surface area contributed by atoms with Crippen molar-refractivity contribution in [2.75, 3.05) is 18.0 Å². The summed E-state index contributed by atoms with van der Waals surface area (Å²) in [6.07, 6.45) is 6.41. The highest BCUT2D eigenvalue weighted by molar-refractivity contribution is 6.17. The first-order valence-corrected chi connectivity index (χ1v) is 9.79. The van der Waals surface area contributed by atoms with Crippen molar-refractivity contribution in [3.8, 4) is 17.2 Å². The molecule has 0 radical (unpaired) electrons. The van der Waals surface area contributed by atoms with Crippen LogP contribution in [0.25, 0.3) is 17.1 Å². The molecule has 0 saturated carbocycles. The Hall–Kier alpha value is -3.52. The van der Waals surface area contributed by atoms with E-state index in [-0.39, 0.29) is 34.7 Å². The van der Waals surface area contributed by atoms with Crippen LogP contribution in [0.5, 0.6) is 17.2 Å². The number of ether oxygens (including phenoxy) is 1. The lowest BCUT2D eigenvalue weighted by Crippen LogP contribution is -2.35. The Balaban J connectivity index is 1.60. The van der Waals surface area contributed by atoms with Gasteiger partial charge in [0.15, 0.2) is 5.76 Å². The number of benzene rings is 1. The average molecular weight is 407 g/mol. The van der Waals surface area contributed by atoms with Crippen LogP contribution in [0.1, 0.15) is 28.8 Å². The first-order chi connectivity index (χ1) is 14.4. The number of hydrogen-bond donors (Lipinski definition) is 3. The number of carbonyl (C=O) groups excluding carboxylic acids is 1. The van der Waals surface area contributed by atoms with Crippen molar-refractivity contribution < 1.29 is 24.9 Å². The van der Waals surface area contributed by atoms with Gasteiger partial charge in [-0.05, 0) is 25.0 Å². The van der Waals surface area contributed by atoms with Crippen LogP contribution in [0.4, 0.5) is 5.69 Å². The number of fused-ring (bicyclic) bond motifs is 2. The smallest absolute Gasteiger partial charge is 0.235 e. The minimum absolute atomic E-state index is 0.0441. The predicted octanol–water partition coefficient (Wildman–Crippen LogP) is 2.56. The third kappa shape index (κ3) is 2.88. The molecule has 0 amide bonds. The van der Waals surface area contributed by atoms with Crippen LogP contribution >= 0.6 is 0 Å². The van der Waals surface area contributed by atoms with Crippen molar-refractivity contribution in [3.05, 3.63) is 47.5 Å². The highest BCUT2D eigenvalue weighted by Crippen LogP contribution is 2.41. The van der Waals surface area contributed by atoms with Gasteiger partial charge in [0.1, 0.15) is 28.5 Å². The molecule has 3 aromatic rings. The molecule has 8 heteroatoms. The summed E-state index contributed by atoms with van der Waals surface area (Å²) in [6, 6.07) is 4.37. The Morgan fingerprint density at radius 3 is 2.77 bits per heavy atom. The summed E-state index contributed by atoms with van der Waals surface area (Å²) in [6.45, 7) is 1.47. The van der Waals surface area contributed by atoms with Gasteiger partial charge in [0.2, 0.25) is 5.78 Å². The van der Waals surface area contributed by atoms with Gasteiger partial charge in [-0.25, -0.2) is 4.98 Å². The summed E-state index contributed by atoms with van der Waals surface area (Å²) in [5.41, 5.74) is 2.57. The number of piperidine rings is 1. The van der Waals surface area contributed by atoms with Crippen LogP contribution in [0.15, 0.2) is 36.4 Å². The van der Waals surface area contributed by atoms with Crippen LogP contribution in [-0.4, -0.2) is 49.8 Å². The standard InChI is InChI=1S/C22H21N3O5/c1-24-11-12(8-18-21(29)20-16(28)9-14(27)10-17(20)30-18)19-15(2-5-23-22(19)24)25-6-3-13(26)4-7-25/h2,5,8-11,13,26-28H,3-4,6-7H2,1H3. The molecule has 3 N–H and O–H groups in total. The Morgan fingerprint density at radius 1 is 1.23 bits per heavy atom. The summed E-state index contributed by atoms with van der Waals surface area (Å²) < 4.78 is 7.55. The first kappa shape index (κ1) is 18.5. The monoisotopic (exact) mass is 407 g/mol. The van der Waals surface area contributed by atoms with E-state index in [0.717, 1.165) is 41.4 Å². The number of phenols is 2. The van der Waals surface area contributed by atoms with Crippen molar-refractivity contribution >= 4 is 28.6 Å². The summed E-state index contributed by atoms with van der Waals surface area (Å²) in [5, 5.41) is 30.5. The number of ketones is 1. The molecule has 154 valence electrons. The summed E-state index contributed by atoms with van der Waals surface area (Å²) in [7, 11) is 1.89. The molecule has 0 atom stereocenters. The van der Waals surface area contributed by atoms with Crippen LogP contribution in [-0.2, 0) is 7.05 Å². The van der Waals surface area contributed by atoms with Crippen molar-refractivity contribution in [3.63, 3.8) is 0 Å². The quantitative estimate of drug-likeness (QED) is 0.560. The molecular formula is C22H21N3O5. The molecule has 8 nitrogen and oxygen atoms in total. The number of hydrogen-bond acceptors (Lipinski definition) is 7. The van der Waals surface area contributed by atoms with E-state index in [1.807, 2.05) is 23.9 Å².